The van der Waals surface area contributed by atoms with Crippen LogP contribution in [0.15, 0.2) is 54.6 Å². The molecule has 0 heterocycles. The molecule has 0 aliphatic carbocycles. The summed E-state index contributed by atoms with van der Waals surface area (Å²) in [7, 11) is 0. The van der Waals surface area contributed by atoms with Crippen LogP contribution in [-0.2, 0) is 30.9 Å². The van der Waals surface area contributed by atoms with Gasteiger partial charge in [0.1, 0.15) is 0 Å². The van der Waals surface area contributed by atoms with Crippen molar-refractivity contribution in [3.05, 3.63) is 70.7 Å². The van der Waals surface area contributed by atoms with Crippen molar-refractivity contribution in [3.63, 3.8) is 0 Å². The standard InChI is InChI=1S/C20H21ClO4/c1-3-24-18(22)20(19(23)25-4-2,16-8-6-5-7-9-16)14-15-10-12-17(21)13-11-15/h5-13H,3-4,14H2,1-2H3. The average Bonchev–Trinajstić information content (AvgIpc) is 2.62. The van der Waals surface area contributed by atoms with Gasteiger partial charge in [-0.25, -0.2) is 0 Å². The van der Waals surface area contributed by atoms with Crippen LogP contribution in [0.3, 0.4) is 0 Å². The van der Waals surface area contributed by atoms with Crippen LogP contribution in [0.2, 0.25) is 5.02 Å². The monoisotopic (exact) mass is 360 g/mol. The van der Waals surface area contributed by atoms with Crippen LogP contribution in [0.5, 0.6) is 0 Å². The fourth-order valence-corrected chi connectivity index (χ4v) is 2.83. The van der Waals surface area contributed by atoms with E-state index in [2.05, 4.69) is 0 Å². The second-order valence-electron chi connectivity index (χ2n) is 5.52. The third kappa shape index (κ3) is 4.20. The number of carbonyl (C=O) groups is 2. The van der Waals surface area contributed by atoms with E-state index in [1.165, 1.54) is 0 Å². The summed E-state index contributed by atoms with van der Waals surface area (Å²) in [6.45, 7) is 3.77. The van der Waals surface area contributed by atoms with Gasteiger partial charge in [0.2, 0.25) is 0 Å². The summed E-state index contributed by atoms with van der Waals surface area (Å²) < 4.78 is 10.5. The highest BCUT2D eigenvalue weighted by molar-refractivity contribution is 6.30. The summed E-state index contributed by atoms with van der Waals surface area (Å²) in [4.78, 5) is 25.8. The molecule has 5 heteroatoms. The van der Waals surface area contributed by atoms with E-state index in [4.69, 9.17) is 21.1 Å². The number of ether oxygens (including phenoxy) is 2. The second kappa shape index (κ2) is 8.67. The van der Waals surface area contributed by atoms with E-state index in [0.717, 1.165) is 5.56 Å². The molecule has 0 fully saturated rings. The highest BCUT2D eigenvalue weighted by Gasteiger charge is 2.50. The number of rotatable bonds is 7. The zero-order valence-electron chi connectivity index (χ0n) is 14.3. The molecule has 0 amide bonds. The van der Waals surface area contributed by atoms with Crippen LogP contribution >= 0.6 is 11.6 Å². The average molecular weight is 361 g/mol. The summed E-state index contributed by atoms with van der Waals surface area (Å²) >= 11 is 5.94. The second-order valence-corrected chi connectivity index (χ2v) is 5.95. The molecule has 2 rings (SSSR count). The molecule has 0 aliphatic rings. The fourth-order valence-electron chi connectivity index (χ4n) is 2.71. The number of hydrogen-bond acceptors (Lipinski definition) is 4. The van der Waals surface area contributed by atoms with E-state index in [1.807, 2.05) is 6.07 Å². The molecule has 0 bridgehead atoms. The minimum atomic E-state index is -1.55. The molecule has 25 heavy (non-hydrogen) atoms. The lowest BCUT2D eigenvalue weighted by Gasteiger charge is -2.29. The van der Waals surface area contributed by atoms with Gasteiger partial charge < -0.3 is 9.47 Å². The van der Waals surface area contributed by atoms with Crippen LogP contribution < -0.4 is 0 Å². The number of esters is 2. The minimum absolute atomic E-state index is 0.131. The molecule has 2 aromatic rings. The summed E-state index contributed by atoms with van der Waals surface area (Å²) in [5.41, 5.74) is -0.225. The molecule has 0 unspecified atom stereocenters. The van der Waals surface area contributed by atoms with E-state index >= 15 is 0 Å². The first-order valence-corrected chi connectivity index (χ1v) is 8.56. The van der Waals surface area contributed by atoms with Crippen molar-refractivity contribution in [2.45, 2.75) is 25.7 Å². The Kier molecular flexibility index (Phi) is 6.59. The van der Waals surface area contributed by atoms with Crippen molar-refractivity contribution in [3.8, 4) is 0 Å². The summed E-state index contributed by atoms with van der Waals surface area (Å²) in [6.07, 6.45) is 0.131. The Balaban J connectivity index is 2.58. The van der Waals surface area contributed by atoms with Gasteiger partial charge in [-0.05, 0) is 37.1 Å². The van der Waals surface area contributed by atoms with Gasteiger partial charge in [0.15, 0.2) is 5.41 Å². The van der Waals surface area contributed by atoms with Crippen LogP contribution in [0.25, 0.3) is 0 Å². The number of carbonyl (C=O) groups excluding carboxylic acids is 2. The molecule has 0 N–H and O–H groups in total. The van der Waals surface area contributed by atoms with E-state index in [9.17, 15) is 9.59 Å². The van der Waals surface area contributed by atoms with E-state index in [1.54, 1.807) is 62.4 Å². The van der Waals surface area contributed by atoms with Gasteiger partial charge in [0, 0.05) is 11.4 Å². The molecule has 132 valence electrons. The summed E-state index contributed by atoms with van der Waals surface area (Å²) in [6, 6.07) is 15.9. The van der Waals surface area contributed by atoms with E-state index in [-0.39, 0.29) is 19.6 Å². The van der Waals surface area contributed by atoms with Gasteiger partial charge in [-0.3, -0.25) is 9.59 Å². The maximum Gasteiger partial charge on any atom is 0.328 e. The first-order chi connectivity index (χ1) is 12.0. The molecule has 2 aromatic carbocycles. The molecule has 4 nitrogen and oxygen atoms in total. The van der Waals surface area contributed by atoms with Crippen molar-refractivity contribution in [2.75, 3.05) is 13.2 Å². The molecule has 0 saturated carbocycles. The predicted octanol–water partition coefficient (Wildman–Crippen LogP) is 3.95. The molecule has 0 aliphatic heterocycles. The highest BCUT2D eigenvalue weighted by Crippen LogP contribution is 2.32. The molecular formula is C20H21ClO4. The Bertz CT molecular complexity index is 692. The minimum Gasteiger partial charge on any atom is -0.465 e. The molecule has 0 radical (unpaired) electrons. The van der Waals surface area contributed by atoms with Crippen LogP contribution in [0, 0.1) is 0 Å². The Morgan fingerprint density at radius 1 is 0.880 bits per heavy atom. The maximum absolute atomic E-state index is 12.9. The van der Waals surface area contributed by atoms with Crippen LogP contribution in [0.4, 0.5) is 0 Å². The third-order valence-corrected chi connectivity index (χ3v) is 4.15. The van der Waals surface area contributed by atoms with Crippen molar-refractivity contribution in [2.24, 2.45) is 0 Å². The van der Waals surface area contributed by atoms with Gasteiger partial charge in [0.05, 0.1) is 13.2 Å². The SMILES string of the molecule is CCOC(=O)C(Cc1ccc(Cl)cc1)(C(=O)OCC)c1ccccc1. The first kappa shape index (κ1) is 19.0. The predicted molar refractivity (Wildman–Crippen MR) is 96.5 cm³/mol. The summed E-state index contributed by atoms with van der Waals surface area (Å²) in [5.74, 6) is -1.23. The van der Waals surface area contributed by atoms with Crippen molar-refractivity contribution >= 4 is 23.5 Å². The molecule has 0 aromatic heterocycles. The lowest BCUT2D eigenvalue weighted by Crippen LogP contribution is -2.48. The topological polar surface area (TPSA) is 52.6 Å². The molecule has 0 saturated heterocycles. The zero-order valence-corrected chi connectivity index (χ0v) is 15.1. The molecule has 0 spiro atoms. The smallest absolute Gasteiger partial charge is 0.328 e. The lowest BCUT2D eigenvalue weighted by molar-refractivity contribution is -0.164. The molecular weight excluding hydrogens is 340 g/mol. The lowest BCUT2D eigenvalue weighted by atomic mass is 9.75. The normalized spacial score (nSPS) is 11.0. The summed E-state index contributed by atoms with van der Waals surface area (Å²) in [5, 5.41) is 0.585. The van der Waals surface area contributed by atoms with E-state index < -0.39 is 17.4 Å². The Labute approximate surface area is 152 Å². The zero-order chi connectivity index (χ0) is 18.3. The Morgan fingerprint density at radius 2 is 1.40 bits per heavy atom. The molecule has 0 atom stereocenters. The Morgan fingerprint density at radius 3 is 1.88 bits per heavy atom. The van der Waals surface area contributed by atoms with Crippen molar-refractivity contribution in [1.82, 2.24) is 0 Å². The van der Waals surface area contributed by atoms with Gasteiger partial charge in [0.25, 0.3) is 0 Å². The highest BCUT2D eigenvalue weighted by atomic mass is 35.5. The van der Waals surface area contributed by atoms with Crippen molar-refractivity contribution < 1.29 is 19.1 Å². The van der Waals surface area contributed by atoms with Gasteiger partial charge in [-0.1, -0.05) is 54.1 Å². The first-order valence-electron chi connectivity index (χ1n) is 8.19. The quantitative estimate of drug-likeness (QED) is 0.554. The van der Waals surface area contributed by atoms with E-state index in [0.29, 0.717) is 10.6 Å². The number of halogens is 1. The van der Waals surface area contributed by atoms with Crippen molar-refractivity contribution in [1.29, 1.82) is 0 Å². The fraction of sp³-hybridized carbons (Fsp3) is 0.300. The van der Waals surface area contributed by atoms with Gasteiger partial charge >= 0.3 is 11.9 Å². The number of benzene rings is 2. The number of hydrogen-bond donors (Lipinski definition) is 0. The van der Waals surface area contributed by atoms with Crippen LogP contribution in [0.1, 0.15) is 25.0 Å². The van der Waals surface area contributed by atoms with Gasteiger partial charge in [-0.15, -0.1) is 0 Å². The largest absolute Gasteiger partial charge is 0.465 e. The van der Waals surface area contributed by atoms with Crippen LogP contribution in [-0.4, -0.2) is 25.2 Å². The maximum atomic E-state index is 12.9. The van der Waals surface area contributed by atoms with Gasteiger partial charge in [-0.2, -0.15) is 0 Å². The third-order valence-electron chi connectivity index (χ3n) is 3.90. The Hall–Kier alpha value is -2.33.